The maximum absolute atomic E-state index is 13.3. The van der Waals surface area contributed by atoms with E-state index in [0.717, 1.165) is 22.0 Å². The molecule has 3 N–H and O–H groups in total. The van der Waals surface area contributed by atoms with E-state index in [4.69, 9.17) is 4.74 Å². The molecule has 0 saturated carbocycles. The molecule has 0 aliphatic rings. The first-order valence-electron chi connectivity index (χ1n) is 12.0. The number of carbonyl (C=O) groups excluding carboxylic acids is 3. The number of rotatable bonds is 9. The van der Waals surface area contributed by atoms with Gasteiger partial charge in [-0.25, -0.2) is 9.18 Å². The van der Waals surface area contributed by atoms with Crippen LogP contribution in [0, 0.1) is 5.82 Å². The fourth-order valence-electron chi connectivity index (χ4n) is 4.09. The molecule has 3 aromatic carbocycles. The number of esters is 1. The zero-order valence-corrected chi connectivity index (χ0v) is 20.6. The zero-order valence-electron chi connectivity index (χ0n) is 20.6. The van der Waals surface area contributed by atoms with Crippen LogP contribution in [0.4, 0.5) is 10.1 Å². The van der Waals surface area contributed by atoms with E-state index in [1.165, 1.54) is 24.3 Å². The second kappa shape index (κ2) is 11.5. The normalized spacial score (nSPS) is 11.8. The molecule has 0 radical (unpaired) electrons. The number of para-hydroxylation sites is 2. The number of anilines is 1. The number of halogens is 1. The van der Waals surface area contributed by atoms with Crippen LogP contribution in [0.5, 0.6) is 0 Å². The van der Waals surface area contributed by atoms with Gasteiger partial charge in [-0.1, -0.05) is 50.2 Å². The molecule has 7 nitrogen and oxygen atoms in total. The SMILES string of the molecule is CC(C)c1ccccc1NC(=O)COC(=O)C(Cc1c[nH]c2ccccc12)NC(=O)c1ccc(F)cc1. The fourth-order valence-corrected chi connectivity index (χ4v) is 4.09. The lowest BCUT2D eigenvalue weighted by Crippen LogP contribution is -2.44. The first kappa shape index (κ1) is 25.6. The van der Waals surface area contributed by atoms with Crippen LogP contribution in [0.2, 0.25) is 0 Å². The van der Waals surface area contributed by atoms with Crippen LogP contribution in [0.1, 0.15) is 41.3 Å². The lowest BCUT2D eigenvalue weighted by molar-refractivity contribution is -0.149. The molecule has 0 spiro atoms. The molecule has 0 aliphatic carbocycles. The van der Waals surface area contributed by atoms with Crippen LogP contribution in [0.3, 0.4) is 0 Å². The average molecular weight is 502 g/mol. The molecule has 1 heterocycles. The lowest BCUT2D eigenvalue weighted by atomic mass is 10.0. The van der Waals surface area contributed by atoms with Crippen LogP contribution in [0.25, 0.3) is 10.9 Å². The number of hydrogen-bond acceptors (Lipinski definition) is 4. The summed E-state index contributed by atoms with van der Waals surface area (Å²) < 4.78 is 18.6. The van der Waals surface area contributed by atoms with Gasteiger partial charge in [0.25, 0.3) is 11.8 Å². The maximum atomic E-state index is 13.3. The van der Waals surface area contributed by atoms with Gasteiger partial charge in [0.15, 0.2) is 6.61 Å². The van der Waals surface area contributed by atoms with E-state index in [9.17, 15) is 18.8 Å². The second-order valence-corrected chi connectivity index (χ2v) is 8.99. The molecule has 0 fully saturated rings. The molecular weight excluding hydrogens is 473 g/mol. The first-order chi connectivity index (χ1) is 17.8. The summed E-state index contributed by atoms with van der Waals surface area (Å²) in [4.78, 5) is 41.6. The van der Waals surface area contributed by atoms with Crippen LogP contribution in [-0.4, -0.2) is 35.4 Å². The summed E-state index contributed by atoms with van der Waals surface area (Å²) in [6, 6.07) is 18.9. The van der Waals surface area contributed by atoms with Gasteiger partial charge in [-0.2, -0.15) is 0 Å². The van der Waals surface area contributed by atoms with E-state index in [-0.39, 0.29) is 17.9 Å². The summed E-state index contributed by atoms with van der Waals surface area (Å²) in [5.41, 5.74) is 3.50. The van der Waals surface area contributed by atoms with E-state index in [0.29, 0.717) is 5.69 Å². The third kappa shape index (κ3) is 6.41. The van der Waals surface area contributed by atoms with E-state index < -0.39 is 36.2 Å². The van der Waals surface area contributed by atoms with Crippen LogP contribution in [-0.2, 0) is 20.7 Å². The number of fused-ring (bicyclic) bond motifs is 1. The number of benzene rings is 3. The quantitative estimate of drug-likeness (QED) is 0.283. The third-order valence-electron chi connectivity index (χ3n) is 6.00. The highest BCUT2D eigenvalue weighted by atomic mass is 19.1. The Labute approximate surface area is 214 Å². The summed E-state index contributed by atoms with van der Waals surface area (Å²) in [6.07, 6.45) is 1.90. The van der Waals surface area contributed by atoms with Crippen LogP contribution >= 0.6 is 0 Å². The topological polar surface area (TPSA) is 100 Å². The van der Waals surface area contributed by atoms with Gasteiger partial charge >= 0.3 is 5.97 Å². The number of aromatic nitrogens is 1. The lowest BCUT2D eigenvalue weighted by Gasteiger charge is -2.18. The Hall–Kier alpha value is -4.46. The maximum Gasteiger partial charge on any atom is 0.329 e. The van der Waals surface area contributed by atoms with Gasteiger partial charge < -0.3 is 20.4 Å². The molecule has 0 aliphatic heterocycles. The molecule has 1 unspecified atom stereocenters. The molecule has 0 saturated heterocycles. The zero-order chi connectivity index (χ0) is 26.4. The largest absolute Gasteiger partial charge is 0.454 e. The summed E-state index contributed by atoms with van der Waals surface area (Å²) in [7, 11) is 0. The van der Waals surface area contributed by atoms with Crippen molar-refractivity contribution in [1.82, 2.24) is 10.3 Å². The highest BCUT2D eigenvalue weighted by molar-refractivity contribution is 5.98. The molecule has 8 heteroatoms. The van der Waals surface area contributed by atoms with Gasteiger partial charge in [0.05, 0.1) is 0 Å². The molecular formula is C29H28FN3O4. The molecule has 190 valence electrons. The molecule has 4 aromatic rings. The van der Waals surface area contributed by atoms with Gasteiger partial charge in [-0.15, -0.1) is 0 Å². The molecule has 37 heavy (non-hydrogen) atoms. The van der Waals surface area contributed by atoms with Gasteiger partial charge in [0.2, 0.25) is 0 Å². The summed E-state index contributed by atoms with van der Waals surface area (Å²) in [6.45, 7) is 3.52. The summed E-state index contributed by atoms with van der Waals surface area (Å²) >= 11 is 0. The number of carbonyl (C=O) groups is 3. The van der Waals surface area contributed by atoms with Crippen molar-refractivity contribution in [2.45, 2.75) is 32.2 Å². The molecule has 0 bridgehead atoms. The predicted octanol–water partition coefficient (Wildman–Crippen LogP) is 4.95. The Morgan fingerprint density at radius 2 is 1.65 bits per heavy atom. The minimum absolute atomic E-state index is 0.133. The number of hydrogen-bond donors (Lipinski definition) is 3. The first-order valence-corrected chi connectivity index (χ1v) is 12.0. The smallest absolute Gasteiger partial charge is 0.329 e. The number of aromatic amines is 1. The summed E-state index contributed by atoms with van der Waals surface area (Å²) in [5, 5.41) is 6.36. The van der Waals surface area contributed by atoms with Crippen LogP contribution < -0.4 is 10.6 Å². The highest BCUT2D eigenvalue weighted by Crippen LogP contribution is 2.24. The van der Waals surface area contributed by atoms with Gasteiger partial charge in [0, 0.05) is 34.8 Å². The monoisotopic (exact) mass is 501 g/mol. The number of ether oxygens (including phenoxy) is 1. The number of nitrogens with one attached hydrogen (secondary N) is 3. The Bertz CT molecular complexity index is 1410. The van der Waals surface area contributed by atoms with Gasteiger partial charge in [-0.3, -0.25) is 9.59 Å². The fraction of sp³-hybridized carbons (Fsp3) is 0.207. The predicted molar refractivity (Wildman–Crippen MR) is 140 cm³/mol. The van der Waals surface area contributed by atoms with E-state index in [2.05, 4.69) is 15.6 Å². The van der Waals surface area contributed by atoms with Gasteiger partial charge in [0.1, 0.15) is 11.9 Å². The third-order valence-corrected chi connectivity index (χ3v) is 6.00. The molecule has 2 amide bonds. The average Bonchev–Trinajstić information content (AvgIpc) is 3.30. The van der Waals surface area contributed by atoms with Crippen molar-refractivity contribution >= 4 is 34.4 Å². The Morgan fingerprint density at radius 3 is 2.41 bits per heavy atom. The van der Waals surface area contributed by atoms with Crippen LogP contribution in [0.15, 0.2) is 79.0 Å². The van der Waals surface area contributed by atoms with Crippen molar-refractivity contribution < 1.29 is 23.5 Å². The van der Waals surface area contributed by atoms with Crippen molar-refractivity contribution in [1.29, 1.82) is 0 Å². The number of H-pyrrole nitrogens is 1. The Balaban J connectivity index is 1.47. The summed E-state index contributed by atoms with van der Waals surface area (Å²) in [5.74, 6) is -2.08. The van der Waals surface area contributed by atoms with Crippen molar-refractivity contribution in [3.63, 3.8) is 0 Å². The second-order valence-electron chi connectivity index (χ2n) is 8.99. The Kier molecular flexibility index (Phi) is 7.98. The standard InChI is InChI=1S/C29H28FN3O4/c1-18(2)22-7-3-6-10-25(22)32-27(34)17-37-29(36)26(33-28(35)19-11-13-21(30)14-12-19)15-20-16-31-24-9-5-4-8-23(20)24/h3-14,16,18,26,31H,15,17H2,1-2H3,(H,32,34)(H,33,35). The van der Waals surface area contributed by atoms with E-state index >= 15 is 0 Å². The van der Waals surface area contributed by atoms with E-state index in [1.54, 1.807) is 12.3 Å². The minimum atomic E-state index is -1.08. The molecule has 1 aromatic heterocycles. The highest BCUT2D eigenvalue weighted by Gasteiger charge is 2.25. The van der Waals surface area contributed by atoms with Crippen molar-refractivity contribution in [3.05, 3.63) is 102 Å². The molecule has 4 rings (SSSR count). The van der Waals surface area contributed by atoms with Crippen molar-refractivity contribution in [2.24, 2.45) is 0 Å². The Morgan fingerprint density at radius 1 is 0.946 bits per heavy atom. The van der Waals surface area contributed by atoms with Gasteiger partial charge in [-0.05, 0) is 53.4 Å². The van der Waals surface area contributed by atoms with E-state index in [1.807, 2.05) is 56.3 Å². The minimum Gasteiger partial charge on any atom is -0.454 e. The van der Waals surface area contributed by atoms with Crippen molar-refractivity contribution in [3.8, 4) is 0 Å². The molecule has 1 atom stereocenters. The number of amides is 2. The van der Waals surface area contributed by atoms with Crippen molar-refractivity contribution in [2.75, 3.05) is 11.9 Å².